The lowest BCUT2D eigenvalue weighted by atomic mass is 10.1. The van der Waals surface area contributed by atoms with Gasteiger partial charge < -0.3 is 10.6 Å². The molecule has 2 aromatic carbocycles. The number of anilines is 3. The largest absolute Gasteiger partial charge is 0.324 e. The molecule has 0 saturated heterocycles. The standard InChI is InChI=1S/C21H19ClN4O2/c1-12-4-7-17(11-18(12)22)24-20(28)19-10-13(2)23-21(26-19)25-16-8-5-15(6-9-16)14(3)27/h4-11H,1-3H3,(H,24,28)(H,23,25,26). The van der Waals surface area contributed by atoms with Crippen molar-refractivity contribution in [3.05, 3.63) is 76.1 Å². The van der Waals surface area contributed by atoms with Crippen molar-refractivity contribution in [1.29, 1.82) is 0 Å². The summed E-state index contributed by atoms with van der Waals surface area (Å²) in [7, 11) is 0. The number of rotatable bonds is 5. The zero-order valence-electron chi connectivity index (χ0n) is 15.7. The average molecular weight is 395 g/mol. The van der Waals surface area contributed by atoms with Gasteiger partial charge in [-0.3, -0.25) is 9.59 Å². The van der Waals surface area contributed by atoms with Gasteiger partial charge in [-0.15, -0.1) is 0 Å². The lowest BCUT2D eigenvalue weighted by Crippen LogP contribution is -2.15. The third-order valence-electron chi connectivity index (χ3n) is 4.06. The van der Waals surface area contributed by atoms with Gasteiger partial charge in [0.15, 0.2) is 5.78 Å². The van der Waals surface area contributed by atoms with E-state index in [-0.39, 0.29) is 17.4 Å². The van der Waals surface area contributed by atoms with E-state index in [1.807, 2.05) is 13.0 Å². The second kappa shape index (κ2) is 8.19. The molecule has 28 heavy (non-hydrogen) atoms. The van der Waals surface area contributed by atoms with Crippen LogP contribution in [0.5, 0.6) is 0 Å². The van der Waals surface area contributed by atoms with Crippen LogP contribution in [-0.2, 0) is 0 Å². The maximum Gasteiger partial charge on any atom is 0.274 e. The van der Waals surface area contributed by atoms with E-state index in [2.05, 4.69) is 20.6 Å². The molecule has 142 valence electrons. The molecule has 1 heterocycles. The summed E-state index contributed by atoms with van der Waals surface area (Å²) in [5, 5.41) is 6.41. The Kier molecular flexibility index (Phi) is 5.70. The van der Waals surface area contributed by atoms with E-state index in [1.165, 1.54) is 6.92 Å². The van der Waals surface area contributed by atoms with Crippen molar-refractivity contribution in [3.8, 4) is 0 Å². The fraction of sp³-hybridized carbons (Fsp3) is 0.143. The Morgan fingerprint density at radius 2 is 1.61 bits per heavy atom. The van der Waals surface area contributed by atoms with Crippen LogP contribution < -0.4 is 10.6 Å². The first-order valence-electron chi connectivity index (χ1n) is 8.63. The van der Waals surface area contributed by atoms with Crippen molar-refractivity contribution in [3.63, 3.8) is 0 Å². The molecule has 0 aliphatic heterocycles. The van der Waals surface area contributed by atoms with E-state index in [1.54, 1.807) is 49.4 Å². The van der Waals surface area contributed by atoms with Gasteiger partial charge in [-0.05, 0) is 68.8 Å². The second-order valence-corrected chi connectivity index (χ2v) is 6.80. The maximum absolute atomic E-state index is 12.6. The number of halogens is 1. The Morgan fingerprint density at radius 1 is 0.929 bits per heavy atom. The Morgan fingerprint density at radius 3 is 2.25 bits per heavy atom. The first kappa shape index (κ1) is 19.5. The van der Waals surface area contributed by atoms with E-state index in [4.69, 9.17) is 11.6 Å². The molecule has 6 nitrogen and oxygen atoms in total. The molecule has 0 saturated carbocycles. The number of benzene rings is 2. The van der Waals surface area contributed by atoms with Gasteiger partial charge in [-0.2, -0.15) is 0 Å². The fourth-order valence-corrected chi connectivity index (χ4v) is 2.70. The van der Waals surface area contributed by atoms with Crippen LogP contribution in [0.3, 0.4) is 0 Å². The van der Waals surface area contributed by atoms with Crippen LogP contribution in [-0.4, -0.2) is 21.7 Å². The number of Topliss-reactive ketones (excluding diaryl/α,β-unsaturated/α-hetero) is 1. The highest BCUT2D eigenvalue weighted by Crippen LogP contribution is 2.21. The fourth-order valence-electron chi connectivity index (χ4n) is 2.52. The van der Waals surface area contributed by atoms with Crippen molar-refractivity contribution in [1.82, 2.24) is 9.97 Å². The minimum atomic E-state index is -0.361. The summed E-state index contributed by atoms with van der Waals surface area (Å²) in [6, 6.07) is 13.9. The molecule has 0 unspecified atom stereocenters. The normalized spacial score (nSPS) is 10.4. The third-order valence-corrected chi connectivity index (χ3v) is 4.47. The zero-order chi connectivity index (χ0) is 20.3. The van der Waals surface area contributed by atoms with Crippen LogP contribution in [0.15, 0.2) is 48.5 Å². The number of nitrogens with one attached hydrogen (secondary N) is 2. The summed E-state index contributed by atoms with van der Waals surface area (Å²) in [6.45, 7) is 5.19. The van der Waals surface area contributed by atoms with Crippen LogP contribution in [0.2, 0.25) is 5.02 Å². The number of hydrogen-bond acceptors (Lipinski definition) is 5. The molecule has 0 atom stereocenters. The quantitative estimate of drug-likeness (QED) is 0.598. The van der Waals surface area contributed by atoms with E-state index < -0.39 is 0 Å². The molecule has 3 rings (SSSR count). The minimum Gasteiger partial charge on any atom is -0.324 e. The average Bonchev–Trinajstić information content (AvgIpc) is 2.64. The summed E-state index contributed by atoms with van der Waals surface area (Å²) in [6.07, 6.45) is 0. The van der Waals surface area contributed by atoms with E-state index in [0.29, 0.717) is 33.6 Å². The zero-order valence-corrected chi connectivity index (χ0v) is 16.5. The molecule has 0 radical (unpaired) electrons. The molecular formula is C21H19ClN4O2. The van der Waals surface area contributed by atoms with Crippen molar-refractivity contribution in [2.45, 2.75) is 20.8 Å². The molecule has 0 fully saturated rings. The number of carbonyl (C=O) groups is 2. The van der Waals surface area contributed by atoms with Gasteiger partial charge in [0.2, 0.25) is 5.95 Å². The molecule has 1 aromatic heterocycles. The minimum absolute atomic E-state index is 0.00600. The van der Waals surface area contributed by atoms with Crippen LogP contribution in [0.1, 0.15) is 39.0 Å². The summed E-state index contributed by atoms with van der Waals surface area (Å²) >= 11 is 6.11. The number of aromatic nitrogens is 2. The maximum atomic E-state index is 12.6. The Labute approximate surface area is 168 Å². The van der Waals surface area contributed by atoms with Gasteiger partial charge in [-0.25, -0.2) is 9.97 Å². The predicted molar refractivity (Wildman–Crippen MR) is 111 cm³/mol. The molecule has 0 aliphatic rings. The monoisotopic (exact) mass is 394 g/mol. The number of amides is 1. The van der Waals surface area contributed by atoms with Gasteiger partial charge in [0, 0.05) is 27.7 Å². The molecule has 3 aromatic rings. The highest BCUT2D eigenvalue weighted by atomic mass is 35.5. The van der Waals surface area contributed by atoms with Crippen molar-refractivity contribution in [2.24, 2.45) is 0 Å². The van der Waals surface area contributed by atoms with E-state index >= 15 is 0 Å². The lowest BCUT2D eigenvalue weighted by Gasteiger charge is -2.10. The number of carbonyl (C=O) groups excluding carboxylic acids is 2. The lowest BCUT2D eigenvalue weighted by molar-refractivity contribution is 0.101. The summed E-state index contributed by atoms with van der Waals surface area (Å²) < 4.78 is 0. The molecule has 1 amide bonds. The molecule has 7 heteroatoms. The molecular weight excluding hydrogens is 376 g/mol. The smallest absolute Gasteiger partial charge is 0.274 e. The van der Waals surface area contributed by atoms with Crippen molar-refractivity contribution in [2.75, 3.05) is 10.6 Å². The second-order valence-electron chi connectivity index (χ2n) is 6.39. The van der Waals surface area contributed by atoms with Gasteiger partial charge in [0.05, 0.1) is 0 Å². The predicted octanol–water partition coefficient (Wildman–Crippen LogP) is 4.95. The first-order valence-corrected chi connectivity index (χ1v) is 9.01. The third kappa shape index (κ3) is 4.72. The van der Waals surface area contributed by atoms with Crippen LogP contribution in [0.25, 0.3) is 0 Å². The Bertz CT molecular complexity index is 1050. The summed E-state index contributed by atoms with van der Waals surface area (Å²) in [5.74, 6) is -0.0726. The van der Waals surface area contributed by atoms with Gasteiger partial charge in [-0.1, -0.05) is 17.7 Å². The van der Waals surface area contributed by atoms with E-state index in [9.17, 15) is 9.59 Å². The van der Waals surface area contributed by atoms with Gasteiger partial charge in [0.1, 0.15) is 5.69 Å². The summed E-state index contributed by atoms with van der Waals surface area (Å²) in [5.41, 5.74) is 3.72. The SMILES string of the molecule is CC(=O)c1ccc(Nc2nc(C)cc(C(=O)Nc3ccc(C)c(Cl)c3)n2)cc1. The topological polar surface area (TPSA) is 84.0 Å². The number of hydrogen-bond donors (Lipinski definition) is 2. The van der Waals surface area contributed by atoms with Gasteiger partial charge >= 0.3 is 0 Å². The Hall–Kier alpha value is -3.25. The number of aryl methyl sites for hydroxylation is 2. The van der Waals surface area contributed by atoms with Gasteiger partial charge in [0.25, 0.3) is 5.91 Å². The Balaban J connectivity index is 1.79. The van der Waals surface area contributed by atoms with Crippen LogP contribution >= 0.6 is 11.6 Å². The van der Waals surface area contributed by atoms with E-state index in [0.717, 1.165) is 5.56 Å². The number of nitrogens with zero attached hydrogens (tertiary/aromatic N) is 2. The molecule has 0 spiro atoms. The highest BCUT2D eigenvalue weighted by molar-refractivity contribution is 6.31. The van der Waals surface area contributed by atoms with Crippen molar-refractivity contribution >= 4 is 40.6 Å². The van der Waals surface area contributed by atoms with Crippen molar-refractivity contribution < 1.29 is 9.59 Å². The number of ketones is 1. The highest BCUT2D eigenvalue weighted by Gasteiger charge is 2.12. The molecule has 0 aliphatic carbocycles. The molecule has 0 bridgehead atoms. The summed E-state index contributed by atoms with van der Waals surface area (Å²) in [4.78, 5) is 32.5. The molecule has 2 N–H and O–H groups in total. The first-order chi connectivity index (χ1) is 13.3. The van der Waals surface area contributed by atoms with Crippen LogP contribution in [0, 0.1) is 13.8 Å². The van der Waals surface area contributed by atoms with Crippen LogP contribution in [0.4, 0.5) is 17.3 Å².